The Morgan fingerprint density at radius 3 is 2.84 bits per heavy atom. The first-order chi connectivity index (χ1) is 9.13. The molecule has 2 rings (SSSR count). The Labute approximate surface area is 117 Å². The second kappa shape index (κ2) is 6.39. The molecular formula is C14H19FN2OS. The molecule has 0 heterocycles. The summed E-state index contributed by atoms with van der Waals surface area (Å²) in [4.78, 5) is 11.7. The van der Waals surface area contributed by atoms with E-state index >= 15 is 0 Å². The van der Waals surface area contributed by atoms with Crippen LogP contribution in [0, 0.1) is 5.82 Å². The van der Waals surface area contributed by atoms with Crippen molar-refractivity contribution in [1.29, 1.82) is 0 Å². The summed E-state index contributed by atoms with van der Waals surface area (Å²) in [5.41, 5.74) is 0.495. The zero-order valence-electron chi connectivity index (χ0n) is 11.0. The Balaban J connectivity index is 1.73. The van der Waals surface area contributed by atoms with E-state index in [1.165, 1.54) is 31.4 Å². The van der Waals surface area contributed by atoms with Gasteiger partial charge in [0.15, 0.2) is 0 Å². The minimum absolute atomic E-state index is 0.138. The van der Waals surface area contributed by atoms with Crippen molar-refractivity contribution in [2.75, 3.05) is 24.7 Å². The van der Waals surface area contributed by atoms with E-state index in [1.807, 2.05) is 11.8 Å². The molecule has 2 N–H and O–H groups in total. The maximum atomic E-state index is 13.0. The number of amides is 1. The van der Waals surface area contributed by atoms with Crippen LogP contribution in [0.5, 0.6) is 0 Å². The summed E-state index contributed by atoms with van der Waals surface area (Å²) in [5, 5.41) is 5.86. The Hall–Kier alpha value is -1.07. The van der Waals surface area contributed by atoms with Gasteiger partial charge in [-0.1, -0.05) is 12.5 Å². The van der Waals surface area contributed by atoms with Crippen LogP contribution < -0.4 is 10.6 Å². The summed E-state index contributed by atoms with van der Waals surface area (Å²) in [5.74, 6) is -0.484. The molecule has 104 valence electrons. The molecule has 1 amide bonds. The van der Waals surface area contributed by atoms with Gasteiger partial charge in [-0.2, -0.15) is 11.8 Å². The van der Waals surface area contributed by atoms with Gasteiger partial charge in [-0.15, -0.1) is 0 Å². The van der Waals surface area contributed by atoms with Crippen LogP contribution in [0.4, 0.5) is 10.1 Å². The molecule has 0 saturated heterocycles. The van der Waals surface area contributed by atoms with Crippen molar-refractivity contribution >= 4 is 23.4 Å². The zero-order chi connectivity index (χ0) is 13.7. The molecule has 0 bridgehead atoms. The number of nitrogens with one attached hydrogen (secondary N) is 2. The summed E-state index contributed by atoms with van der Waals surface area (Å²) in [6.07, 6.45) is 5.82. The van der Waals surface area contributed by atoms with Crippen molar-refractivity contribution in [1.82, 2.24) is 5.32 Å². The first-order valence-electron chi connectivity index (χ1n) is 6.45. The zero-order valence-corrected chi connectivity index (χ0v) is 11.9. The van der Waals surface area contributed by atoms with Gasteiger partial charge in [0.2, 0.25) is 5.91 Å². The summed E-state index contributed by atoms with van der Waals surface area (Å²) in [7, 11) is 0. The fourth-order valence-corrected chi connectivity index (χ4v) is 3.14. The van der Waals surface area contributed by atoms with Crippen molar-refractivity contribution in [3.8, 4) is 0 Å². The molecule has 0 spiro atoms. The van der Waals surface area contributed by atoms with Gasteiger partial charge in [-0.3, -0.25) is 4.79 Å². The van der Waals surface area contributed by atoms with E-state index in [1.54, 1.807) is 12.1 Å². The summed E-state index contributed by atoms with van der Waals surface area (Å²) in [6, 6.07) is 5.92. The van der Waals surface area contributed by atoms with Gasteiger partial charge in [0.1, 0.15) is 5.82 Å². The van der Waals surface area contributed by atoms with Crippen LogP contribution in [0.15, 0.2) is 24.3 Å². The highest BCUT2D eigenvalue weighted by Crippen LogP contribution is 2.42. The average Bonchev–Trinajstić information content (AvgIpc) is 2.32. The van der Waals surface area contributed by atoms with E-state index in [0.29, 0.717) is 10.4 Å². The van der Waals surface area contributed by atoms with E-state index < -0.39 is 0 Å². The second-order valence-corrected chi connectivity index (χ2v) is 6.18. The van der Waals surface area contributed by atoms with Crippen LogP contribution in [0.1, 0.15) is 19.3 Å². The molecule has 1 aromatic rings. The lowest BCUT2D eigenvalue weighted by Gasteiger charge is -2.40. The van der Waals surface area contributed by atoms with Crippen molar-refractivity contribution in [2.45, 2.75) is 24.0 Å². The van der Waals surface area contributed by atoms with Gasteiger partial charge < -0.3 is 10.6 Å². The third-order valence-electron chi connectivity index (χ3n) is 3.54. The normalized spacial score (nSPS) is 16.7. The Bertz CT molecular complexity index is 443. The number of hydrogen-bond acceptors (Lipinski definition) is 3. The Morgan fingerprint density at radius 2 is 2.26 bits per heavy atom. The number of carbonyl (C=O) groups is 1. The molecule has 3 nitrogen and oxygen atoms in total. The molecule has 0 radical (unpaired) electrons. The number of thioether (sulfide) groups is 1. The molecule has 0 aliphatic heterocycles. The summed E-state index contributed by atoms with van der Waals surface area (Å²) >= 11 is 1.87. The highest BCUT2D eigenvalue weighted by Gasteiger charge is 2.35. The summed E-state index contributed by atoms with van der Waals surface area (Å²) in [6.45, 7) is 1.11. The molecule has 1 fully saturated rings. The molecule has 1 aromatic carbocycles. The highest BCUT2D eigenvalue weighted by molar-refractivity contribution is 8.00. The highest BCUT2D eigenvalue weighted by atomic mass is 32.2. The van der Waals surface area contributed by atoms with E-state index in [4.69, 9.17) is 0 Å². The van der Waals surface area contributed by atoms with Crippen LogP contribution >= 0.6 is 11.8 Å². The fraction of sp³-hybridized carbons (Fsp3) is 0.500. The monoisotopic (exact) mass is 282 g/mol. The molecule has 19 heavy (non-hydrogen) atoms. The summed E-state index contributed by atoms with van der Waals surface area (Å²) < 4.78 is 13.3. The quantitative estimate of drug-likeness (QED) is 0.843. The van der Waals surface area contributed by atoms with Crippen molar-refractivity contribution < 1.29 is 9.18 Å². The predicted octanol–water partition coefficient (Wildman–Crippen LogP) is 2.64. The molecule has 0 unspecified atom stereocenters. The SMILES string of the molecule is CSC1(CNCC(=O)Nc2cccc(F)c2)CCC1. The lowest BCUT2D eigenvalue weighted by atomic mass is 9.84. The Kier molecular flexibility index (Phi) is 4.82. The maximum Gasteiger partial charge on any atom is 0.238 e. The van der Waals surface area contributed by atoms with Gasteiger partial charge in [-0.05, 0) is 37.3 Å². The fourth-order valence-electron chi connectivity index (χ4n) is 2.20. The minimum atomic E-state index is -0.346. The number of hydrogen-bond donors (Lipinski definition) is 2. The Morgan fingerprint density at radius 1 is 1.47 bits per heavy atom. The molecule has 1 aliphatic carbocycles. The number of rotatable bonds is 6. The number of anilines is 1. The van der Waals surface area contributed by atoms with E-state index in [9.17, 15) is 9.18 Å². The lowest BCUT2D eigenvalue weighted by Crippen LogP contribution is -2.45. The average molecular weight is 282 g/mol. The van der Waals surface area contributed by atoms with Crippen molar-refractivity contribution in [2.24, 2.45) is 0 Å². The molecule has 0 atom stereocenters. The van der Waals surface area contributed by atoms with Gasteiger partial charge in [0, 0.05) is 17.0 Å². The molecular weight excluding hydrogens is 263 g/mol. The van der Waals surface area contributed by atoms with E-state index in [-0.39, 0.29) is 18.3 Å². The maximum absolute atomic E-state index is 13.0. The topological polar surface area (TPSA) is 41.1 Å². The van der Waals surface area contributed by atoms with Crippen molar-refractivity contribution in [3.63, 3.8) is 0 Å². The standard InChI is InChI=1S/C14H19FN2OS/c1-19-14(6-3-7-14)10-16-9-13(18)17-12-5-2-4-11(15)8-12/h2,4-5,8,16H,3,6-7,9-10H2,1H3,(H,17,18). The van der Waals surface area contributed by atoms with Crippen LogP contribution in [-0.2, 0) is 4.79 Å². The molecule has 0 aromatic heterocycles. The van der Waals surface area contributed by atoms with Crippen LogP contribution in [0.25, 0.3) is 0 Å². The third-order valence-corrected chi connectivity index (χ3v) is 4.96. The predicted molar refractivity (Wildman–Crippen MR) is 78.0 cm³/mol. The van der Waals surface area contributed by atoms with Gasteiger partial charge >= 0.3 is 0 Å². The van der Waals surface area contributed by atoms with Crippen LogP contribution in [0.3, 0.4) is 0 Å². The van der Waals surface area contributed by atoms with Crippen molar-refractivity contribution in [3.05, 3.63) is 30.1 Å². The minimum Gasteiger partial charge on any atom is -0.325 e. The smallest absolute Gasteiger partial charge is 0.238 e. The first kappa shape index (κ1) is 14.3. The number of carbonyl (C=O) groups excluding carboxylic acids is 1. The first-order valence-corrected chi connectivity index (χ1v) is 7.67. The van der Waals surface area contributed by atoms with Gasteiger partial charge in [-0.25, -0.2) is 4.39 Å². The third kappa shape index (κ3) is 3.94. The van der Waals surface area contributed by atoms with Gasteiger partial charge in [0.05, 0.1) is 6.54 Å². The molecule has 1 aliphatic rings. The number of benzene rings is 1. The lowest BCUT2D eigenvalue weighted by molar-refractivity contribution is -0.115. The van der Waals surface area contributed by atoms with Gasteiger partial charge in [0.25, 0.3) is 0 Å². The second-order valence-electron chi connectivity index (χ2n) is 4.90. The van der Waals surface area contributed by atoms with E-state index in [2.05, 4.69) is 16.9 Å². The molecule has 1 saturated carbocycles. The molecule has 5 heteroatoms. The van der Waals surface area contributed by atoms with E-state index in [0.717, 1.165) is 6.54 Å². The number of halogens is 1. The van der Waals surface area contributed by atoms with Crippen LogP contribution in [0.2, 0.25) is 0 Å². The largest absolute Gasteiger partial charge is 0.325 e. The van der Waals surface area contributed by atoms with Crippen LogP contribution in [-0.4, -0.2) is 30.0 Å².